The van der Waals surface area contributed by atoms with Crippen molar-refractivity contribution >= 4 is 11.6 Å². The molecule has 0 aliphatic carbocycles. The van der Waals surface area contributed by atoms with E-state index in [1.165, 1.54) is 0 Å². The van der Waals surface area contributed by atoms with Gasteiger partial charge >= 0.3 is 0 Å². The molecular formula is C14H23N3O2. The molecule has 5 heteroatoms. The van der Waals surface area contributed by atoms with Crippen LogP contribution in [0.5, 0.6) is 0 Å². The highest BCUT2D eigenvalue weighted by Crippen LogP contribution is 2.16. The van der Waals surface area contributed by atoms with Gasteiger partial charge < -0.3 is 21.1 Å². The van der Waals surface area contributed by atoms with Crippen LogP contribution in [-0.2, 0) is 4.79 Å². The Morgan fingerprint density at radius 1 is 1.37 bits per heavy atom. The Morgan fingerprint density at radius 3 is 2.47 bits per heavy atom. The molecule has 106 valence electrons. The molecule has 1 aromatic rings. The number of carbonyl (C=O) groups is 1. The average Bonchev–Trinajstić information content (AvgIpc) is 2.38. The van der Waals surface area contributed by atoms with Gasteiger partial charge in [-0.1, -0.05) is 19.1 Å². The van der Waals surface area contributed by atoms with Crippen LogP contribution in [0.25, 0.3) is 0 Å². The van der Waals surface area contributed by atoms with Crippen molar-refractivity contribution < 1.29 is 9.90 Å². The van der Waals surface area contributed by atoms with Gasteiger partial charge in [0.2, 0.25) is 5.91 Å². The second-order valence-corrected chi connectivity index (χ2v) is 4.92. The molecule has 0 aromatic heterocycles. The van der Waals surface area contributed by atoms with Gasteiger partial charge in [-0.3, -0.25) is 4.79 Å². The predicted molar refractivity (Wildman–Crippen MR) is 76.5 cm³/mol. The number of benzene rings is 1. The fraction of sp³-hybridized carbons (Fsp3) is 0.500. The van der Waals surface area contributed by atoms with E-state index in [9.17, 15) is 9.90 Å². The number of carbonyl (C=O) groups excluding carboxylic acids is 1. The van der Waals surface area contributed by atoms with Crippen LogP contribution in [0.2, 0.25) is 0 Å². The summed E-state index contributed by atoms with van der Waals surface area (Å²) in [4.78, 5) is 13.4. The summed E-state index contributed by atoms with van der Waals surface area (Å²) in [7, 11) is 3.52. The maximum atomic E-state index is 11.4. The molecule has 0 aliphatic heterocycles. The minimum absolute atomic E-state index is 0.00817. The molecule has 0 radical (unpaired) electrons. The summed E-state index contributed by atoms with van der Waals surface area (Å²) in [5.74, 6) is -0.0950. The molecule has 1 aromatic carbocycles. The summed E-state index contributed by atoms with van der Waals surface area (Å²) in [6, 6.07) is 7.17. The quantitative estimate of drug-likeness (QED) is 0.659. The fourth-order valence-corrected chi connectivity index (χ4v) is 1.99. The number of nitrogens with zero attached hydrogens (tertiary/aromatic N) is 1. The number of amides is 1. The molecule has 1 rings (SSSR count). The molecule has 19 heavy (non-hydrogen) atoms. The molecule has 2 unspecified atom stereocenters. The summed E-state index contributed by atoms with van der Waals surface area (Å²) < 4.78 is 0. The number of likely N-dealkylation sites (N-methyl/N-ethyl adjacent to an activating group) is 1. The Kier molecular flexibility index (Phi) is 5.79. The van der Waals surface area contributed by atoms with Gasteiger partial charge in [0.1, 0.15) is 0 Å². The van der Waals surface area contributed by atoms with E-state index in [0.29, 0.717) is 18.8 Å². The smallest absolute Gasteiger partial charge is 0.223 e. The normalized spacial score (nSPS) is 14.2. The van der Waals surface area contributed by atoms with Gasteiger partial charge in [-0.05, 0) is 24.7 Å². The molecule has 4 N–H and O–H groups in total. The fourth-order valence-electron chi connectivity index (χ4n) is 1.99. The van der Waals surface area contributed by atoms with E-state index in [1.807, 2.05) is 31.0 Å². The maximum absolute atomic E-state index is 11.4. The predicted octanol–water partition coefficient (Wildman–Crippen LogP) is 0.616. The van der Waals surface area contributed by atoms with E-state index < -0.39 is 6.10 Å². The topological polar surface area (TPSA) is 78.6 Å². The first-order chi connectivity index (χ1) is 8.93. The van der Waals surface area contributed by atoms with Crippen molar-refractivity contribution in [1.82, 2.24) is 10.2 Å². The van der Waals surface area contributed by atoms with Gasteiger partial charge in [0.05, 0.1) is 6.10 Å². The number of aliphatic hydroxyl groups excluding tert-OH is 1. The lowest BCUT2D eigenvalue weighted by molar-refractivity contribution is -0.124. The Balaban J connectivity index is 2.49. The van der Waals surface area contributed by atoms with Gasteiger partial charge in [-0.15, -0.1) is 0 Å². The molecule has 0 saturated heterocycles. The highest BCUT2D eigenvalue weighted by Gasteiger charge is 2.16. The summed E-state index contributed by atoms with van der Waals surface area (Å²) in [6.07, 6.45) is -0.581. The number of nitrogen functional groups attached to an aromatic ring is 1. The van der Waals surface area contributed by atoms with Crippen molar-refractivity contribution in [3.63, 3.8) is 0 Å². The molecular weight excluding hydrogens is 242 g/mol. The van der Waals surface area contributed by atoms with Gasteiger partial charge in [0.25, 0.3) is 0 Å². The van der Waals surface area contributed by atoms with E-state index >= 15 is 0 Å². The van der Waals surface area contributed by atoms with Crippen LogP contribution >= 0.6 is 0 Å². The van der Waals surface area contributed by atoms with Crippen LogP contribution < -0.4 is 11.1 Å². The van der Waals surface area contributed by atoms with Crippen LogP contribution in [0, 0.1) is 5.92 Å². The highest BCUT2D eigenvalue weighted by atomic mass is 16.3. The van der Waals surface area contributed by atoms with E-state index in [0.717, 1.165) is 5.56 Å². The zero-order valence-corrected chi connectivity index (χ0v) is 11.8. The van der Waals surface area contributed by atoms with Crippen LogP contribution in [0.3, 0.4) is 0 Å². The number of anilines is 1. The van der Waals surface area contributed by atoms with Gasteiger partial charge in [0.15, 0.2) is 0 Å². The summed E-state index contributed by atoms with van der Waals surface area (Å²) >= 11 is 0. The SMILES string of the molecule is CNC(=O)C(C)CN(C)CC(O)c1ccc(N)cc1. The standard InChI is InChI=1S/C14H23N3O2/c1-10(14(19)16-2)8-17(3)9-13(18)11-4-6-12(15)7-5-11/h4-7,10,13,18H,8-9,15H2,1-3H3,(H,16,19). The first kappa shape index (κ1) is 15.5. The largest absolute Gasteiger partial charge is 0.399 e. The molecule has 0 fully saturated rings. The number of nitrogens with two attached hydrogens (primary N) is 1. The van der Waals surface area contributed by atoms with Crippen LogP contribution in [0.4, 0.5) is 5.69 Å². The van der Waals surface area contributed by atoms with Crippen molar-refractivity contribution in [1.29, 1.82) is 0 Å². The van der Waals surface area contributed by atoms with Crippen molar-refractivity contribution in [3.8, 4) is 0 Å². The van der Waals surface area contributed by atoms with E-state index in [4.69, 9.17) is 5.73 Å². The molecule has 0 bridgehead atoms. The minimum atomic E-state index is -0.581. The second kappa shape index (κ2) is 7.11. The lowest BCUT2D eigenvalue weighted by Crippen LogP contribution is -2.36. The highest BCUT2D eigenvalue weighted by molar-refractivity contribution is 5.78. The van der Waals surface area contributed by atoms with Gasteiger partial charge in [-0.2, -0.15) is 0 Å². The molecule has 0 saturated carbocycles. The van der Waals surface area contributed by atoms with Gasteiger partial charge in [0, 0.05) is 31.7 Å². The van der Waals surface area contributed by atoms with E-state index in [-0.39, 0.29) is 11.8 Å². The Labute approximate surface area is 114 Å². The lowest BCUT2D eigenvalue weighted by Gasteiger charge is -2.23. The summed E-state index contributed by atoms with van der Waals surface area (Å²) in [6.45, 7) is 2.95. The third-order valence-electron chi connectivity index (χ3n) is 3.09. The van der Waals surface area contributed by atoms with E-state index in [2.05, 4.69) is 5.32 Å². The van der Waals surface area contributed by atoms with Crippen molar-refractivity contribution in [2.45, 2.75) is 13.0 Å². The Bertz CT molecular complexity index is 406. The molecule has 2 atom stereocenters. The molecule has 0 spiro atoms. The first-order valence-corrected chi connectivity index (χ1v) is 6.37. The average molecular weight is 265 g/mol. The molecule has 0 heterocycles. The monoisotopic (exact) mass is 265 g/mol. The van der Waals surface area contributed by atoms with Crippen LogP contribution in [-0.4, -0.2) is 43.1 Å². The minimum Gasteiger partial charge on any atom is -0.399 e. The maximum Gasteiger partial charge on any atom is 0.223 e. The zero-order valence-electron chi connectivity index (χ0n) is 11.8. The Morgan fingerprint density at radius 2 is 1.95 bits per heavy atom. The second-order valence-electron chi connectivity index (χ2n) is 4.92. The van der Waals surface area contributed by atoms with Crippen molar-refractivity contribution in [2.75, 3.05) is 32.9 Å². The lowest BCUT2D eigenvalue weighted by atomic mass is 10.1. The van der Waals surface area contributed by atoms with E-state index in [1.54, 1.807) is 19.2 Å². The molecule has 1 amide bonds. The third kappa shape index (κ3) is 4.89. The number of rotatable bonds is 6. The van der Waals surface area contributed by atoms with Crippen molar-refractivity contribution in [3.05, 3.63) is 29.8 Å². The third-order valence-corrected chi connectivity index (χ3v) is 3.09. The molecule has 0 aliphatic rings. The first-order valence-electron chi connectivity index (χ1n) is 6.37. The summed E-state index contributed by atoms with van der Waals surface area (Å²) in [5, 5.41) is 12.7. The van der Waals surface area contributed by atoms with Crippen LogP contribution in [0.1, 0.15) is 18.6 Å². The number of aliphatic hydroxyl groups is 1. The number of hydrogen-bond acceptors (Lipinski definition) is 4. The Hall–Kier alpha value is -1.59. The number of hydrogen-bond donors (Lipinski definition) is 3. The van der Waals surface area contributed by atoms with Crippen molar-refractivity contribution in [2.24, 2.45) is 5.92 Å². The van der Waals surface area contributed by atoms with Gasteiger partial charge in [-0.25, -0.2) is 0 Å². The summed E-state index contributed by atoms with van der Waals surface area (Å²) in [5.41, 5.74) is 7.11. The molecule has 5 nitrogen and oxygen atoms in total. The zero-order chi connectivity index (χ0) is 14.4. The number of nitrogens with one attached hydrogen (secondary N) is 1. The van der Waals surface area contributed by atoms with Crippen LogP contribution in [0.15, 0.2) is 24.3 Å².